The highest BCUT2D eigenvalue weighted by Gasteiger charge is 2.45. The summed E-state index contributed by atoms with van der Waals surface area (Å²) >= 11 is 0. The van der Waals surface area contributed by atoms with E-state index in [1.54, 1.807) is 0 Å². The monoisotopic (exact) mass is 212 g/mol. The van der Waals surface area contributed by atoms with Gasteiger partial charge in [-0.1, -0.05) is 0 Å². The molecule has 1 rings (SSSR count). The minimum Gasteiger partial charge on any atom is -0.479 e. The Morgan fingerprint density at radius 2 is 1.86 bits per heavy atom. The molecule has 3 nitrogen and oxygen atoms in total. The average Bonchev–Trinajstić information content (AvgIpc) is 2.48. The van der Waals surface area contributed by atoms with Crippen molar-refractivity contribution in [2.24, 2.45) is 0 Å². The Hall–Kier alpha value is -0.780. The van der Waals surface area contributed by atoms with Gasteiger partial charge in [0.2, 0.25) is 0 Å². The van der Waals surface area contributed by atoms with E-state index in [9.17, 15) is 18.0 Å². The number of alkyl halides is 3. The summed E-state index contributed by atoms with van der Waals surface area (Å²) in [5.41, 5.74) is -1.60. The van der Waals surface area contributed by atoms with Crippen LogP contribution in [0.25, 0.3) is 0 Å². The van der Waals surface area contributed by atoms with Crippen LogP contribution in [0.3, 0.4) is 0 Å². The predicted octanol–water partition coefficient (Wildman–Crippen LogP) is 1.96. The molecule has 0 aromatic rings. The lowest BCUT2D eigenvalue weighted by Gasteiger charge is -2.24. The molecule has 0 bridgehead atoms. The predicted molar refractivity (Wildman–Crippen MR) is 40.8 cm³/mol. The molecule has 0 heterocycles. The van der Waals surface area contributed by atoms with Crippen LogP contribution in [-0.2, 0) is 9.53 Å². The van der Waals surface area contributed by atoms with Crippen LogP contribution < -0.4 is 0 Å². The molecule has 0 aromatic carbocycles. The zero-order valence-electron chi connectivity index (χ0n) is 7.43. The zero-order valence-corrected chi connectivity index (χ0v) is 7.43. The Morgan fingerprint density at radius 1 is 1.36 bits per heavy atom. The van der Waals surface area contributed by atoms with Gasteiger partial charge in [0.1, 0.15) is 6.61 Å². The molecule has 0 aromatic heterocycles. The molecule has 0 spiro atoms. The van der Waals surface area contributed by atoms with Crippen molar-refractivity contribution in [1.82, 2.24) is 0 Å². The number of aliphatic carboxylic acids is 1. The number of carboxylic acid groups (broad SMARTS) is 1. The molecule has 0 unspecified atom stereocenters. The van der Waals surface area contributed by atoms with Crippen LogP contribution in [0.5, 0.6) is 0 Å². The first kappa shape index (κ1) is 11.3. The summed E-state index contributed by atoms with van der Waals surface area (Å²) < 4.78 is 40.0. The first-order valence-corrected chi connectivity index (χ1v) is 4.30. The minimum absolute atomic E-state index is 0.165. The Kier molecular flexibility index (Phi) is 3.04. The number of ether oxygens (including phenoxy) is 1. The summed E-state index contributed by atoms with van der Waals surface area (Å²) in [4.78, 5) is 10.7. The Balaban J connectivity index is 2.57. The summed E-state index contributed by atoms with van der Waals surface area (Å²) in [6, 6.07) is 0. The van der Waals surface area contributed by atoms with E-state index >= 15 is 0 Å². The second-order valence-corrected chi connectivity index (χ2v) is 3.41. The van der Waals surface area contributed by atoms with Crippen molar-refractivity contribution in [2.45, 2.75) is 37.5 Å². The molecule has 0 atom stereocenters. The fraction of sp³-hybridized carbons (Fsp3) is 0.875. The lowest BCUT2D eigenvalue weighted by molar-refractivity contribution is -0.212. The van der Waals surface area contributed by atoms with Gasteiger partial charge in [-0.15, -0.1) is 0 Å². The van der Waals surface area contributed by atoms with Crippen molar-refractivity contribution < 1.29 is 27.8 Å². The van der Waals surface area contributed by atoms with E-state index in [0.29, 0.717) is 12.8 Å². The maximum atomic E-state index is 11.8. The smallest absolute Gasteiger partial charge is 0.411 e. The highest BCUT2D eigenvalue weighted by atomic mass is 19.4. The molecule has 1 aliphatic carbocycles. The maximum Gasteiger partial charge on any atom is 0.411 e. The van der Waals surface area contributed by atoms with Gasteiger partial charge in [0.05, 0.1) is 0 Å². The fourth-order valence-corrected chi connectivity index (χ4v) is 1.59. The molecule has 1 aliphatic rings. The number of carbonyl (C=O) groups is 1. The van der Waals surface area contributed by atoms with E-state index in [-0.39, 0.29) is 12.8 Å². The molecular formula is C8H11F3O3. The SMILES string of the molecule is O=C(O)C1(OCC(F)(F)F)CCCC1. The highest BCUT2D eigenvalue weighted by Crippen LogP contribution is 2.34. The molecule has 0 aliphatic heterocycles. The highest BCUT2D eigenvalue weighted by molar-refractivity contribution is 5.77. The molecule has 0 amide bonds. The summed E-state index contributed by atoms with van der Waals surface area (Å²) in [5, 5.41) is 8.77. The number of rotatable bonds is 3. The largest absolute Gasteiger partial charge is 0.479 e. The quantitative estimate of drug-likeness (QED) is 0.777. The van der Waals surface area contributed by atoms with Crippen LogP contribution >= 0.6 is 0 Å². The zero-order chi connectivity index (χ0) is 10.8. The van der Waals surface area contributed by atoms with Crippen molar-refractivity contribution in [3.05, 3.63) is 0 Å². The first-order chi connectivity index (χ1) is 6.36. The molecule has 1 saturated carbocycles. The standard InChI is InChI=1S/C8H11F3O3/c9-8(10,11)5-14-7(6(12)13)3-1-2-4-7/h1-5H2,(H,12,13). The van der Waals surface area contributed by atoms with Crippen LogP contribution in [0.4, 0.5) is 13.2 Å². The van der Waals surface area contributed by atoms with Crippen molar-refractivity contribution in [2.75, 3.05) is 6.61 Å². The Morgan fingerprint density at radius 3 is 2.21 bits per heavy atom. The van der Waals surface area contributed by atoms with E-state index in [2.05, 4.69) is 4.74 Å². The third kappa shape index (κ3) is 2.60. The van der Waals surface area contributed by atoms with E-state index in [0.717, 1.165) is 0 Å². The lowest BCUT2D eigenvalue weighted by Crippen LogP contribution is -2.41. The second kappa shape index (κ2) is 3.76. The van der Waals surface area contributed by atoms with Gasteiger partial charge in [-0.25, -0.2) is 4.79 Å². The molecule has 0 radical (unpaired) electrons. The van der Waals surface area contributed by atoms with E-state index < -0.39 is 24.4 Å². The maximum absolute atomic E-state index is 11.8. The van der Waals surface area contributed by atoms with Crippen LogP contribution in [0, 0.1) is 0 Å². The molecule has 0 saturated heterocycles. The number of halogens is 3. The molecular weight excluding hydrogens is 201 g/mol. The van der Waals surface area contributed by atoms with Gasteiger partial charge in [-0.2, -0.15) is 13.2 Å². The molecule has 1 fully saturated rings. The molecule has 82 valence electrons. The van der Waals surface area contributed by atoms with Crippen LogP contribution in [-0.4, -0.2) is 29.5 Å². The average molecular weight is 212 g/mol. The fourth-order valence-electron chi connectivity index (χ4n) is 1.59. The Bertz CT molecular complexity index is 218. The van der Waals surface area contributed by atoms with Crippen molar-refractivity contribution >= 4 is 5.97 Å². The number of hydrogen-bond acceptors (Lipinski definition) is 2. The summed E-state index contributed by atoms with van der Waals surface area (Å²) in [5.74, 6) is -1.29. The van der Waals surface area contributed by atoms with Gasteiger partial charge in [-0.05, 0) is 25.7 Å². The topological polar surface area (TPSA) is 46.5 Å². The normalized spacial score (nSPS) is 21.1. The summed E-state index contributed by atoms with van der Waals surface area (Å²) in [6.45, 7) is -1.49. The van der Waals surface area contributed by atoms with Gasteiger partial charge in [0, 0.05) is 0 Å². The van der Waals surface area contributed by atoms with Crippen LogP contribution in [0.15, 0.2) is 0 Å². The number of carboxylic acids is 1. The van der Waals surface area contributed by atoms with Crippen molar-refractivity contribution in [1.29, 1.82) is 0 Å². The van der Waals surface area contributed by atoms with Crippen molar-refractivity contribution in [3.8, 4) is 0 Å². The lowest BCUT2D eigenvalue weighted by atomic mass is 10.0. The van der Waals surface area contributed by atoms with Crippen LogP contribution in [0.2, 0.25) is 0 Å². The second-order valence-electron chi connectivity index (χ2n) is 3.41. The minimum atomic E-state index is -4.47. The van der Waals surface area contributed by atoms with Gasteiger partial charge < -0.3 is 9.84 Å². The van der Waals surface area contributed by atoms with Crippen molar-refractivity contribution in [3.63, 3.8) is 0 Å². The van der Waals surface area contributed by atoms with Gasteiger partial charge in [0.15, 0.2) is 5.60 Å². The third-order valence-electron chi connectivity index (χ3n) is 2.31. The van der Waals surface area contributed by atoms with Gasteiger partial charge in [-0.3, -0.25) is 0 Å². The first-order valence-electron chi connectivity index (χ1n) is 4.30. The van der Waals surface area contributed by atoms with E-state index in [1.807, 2.05) is 0 Å². The molecule has 6 heteroatoms. The molecule has 1 N–H and O–H groups in total. The number of hydrogen-bond donors (Lipinski definition) is 1. The van der Waals surface area contributed by atoms with E-state index in [4.69, 9.17) is 5.11 Å². The van der Waals surface area contributed by atoms with Gasteiger partial charge >= 0.3 is 12.1 Å². The van der Waals surface area contributed by atoms with Crippen LogP contribution in [0.1, 0.15) is 25.7 Å². The van der Waals surface area contributed by atoms with Gasteiger partial charge in [0.25, 0.3) is 0 Å². The summed E-state index contributed by atoms with van der Waals surface area (Å²) in [6.07, 6.45) is -2.93. The third-order valence-corrected chi connectivity index (χ3v) is 2.31. The van der Waals surface area contributed by atoms with E-state index in [1.165, 1.54) is 0 Å². The molecule has 14 heavy (non-hydrogen) atoms. The Labute approximate surface area is 78.9 Å². The summed E-state index contributed by atoms with van der Waals surface area (Å²) in [7, 11) is 0.